The van der Waals surface area contributed by atoms with Crippen molar-refractivity contribution in [2.45, 2.75) is 141 Å². The maximum atomic E-state index is 2.55. The summed E-state index contributed by atoms with van der Waals surface area (Å²) in [4.78, 5) is 0. The molecule has 0 saturated carbocycles. The highest BCUT2D eigenvalue weighted by Gasteiger charge is 2.19. The Balaban J connectivity index is -0.00000312. The van der Waals surface area contributed by atoms with Gasteiger partial charge in [-0.1, -0.05) is 129 Å². The van der Waals surface area contributed by atoms with E-state index in [4.69, 9.17) is 0 Å². The Morgan fingerprint density at radius 3 is 0.750 bits per heavy atom. The van der Waals surface area contributed by atoms with Crippen LogP contribution in [-0.2, 0) is 0 Å². The lowest BCUT2D eigenvalue weighted by molar-refractivity contribution is 0.253. The van der Waals surface area contributed by atoms with Crippen molar-refractivity contribution in [1.29, 1.82) is 0 Å². The molecule has 0 bridgehead atoms. The van der Waals surface area contributed by atoms with Crippen LogP contribution in [0.4, 0.5) is 0 Å². The first kappa shape index (κ1) is 32.7. The molecule has 0 aliphatic heterocycles. The van der Waals surface area contributed by atoms with E-state index in [1.54, 1.807) is 0 Å². The van der Waals surface area contributed by atoms with Crippen LogP contribution in [0.2, 0.25) is 0 Å². The number of hydrogen-bond acceptors (Lipinski definition) is 0. The molecule has 174 valence electrons. The summed E-state index contributed by atoms with van der Waals surface area (Å²) in [7, 11) is 0. The molecule has 0 heteroatoms. The molecule has 0 radical (unpaired) electrons. The van der Waals surface area contributed by atoms with Crippen molar-refractivity contribution in [3.8, 4) is 0 Å². The zero-order chi connectivity index (χ0) is 20.1. The molecule has 0 unspecified atom stereocenters. The van der Waals surface area contributed by atoms with E-state index in [0.717, 1.165) is 41.4 Å². The predicted octanol–water partition coefficient (Wildman–Crippen LogP) is 10.7. The van der Waals surface area contributed by atoms with E-state index >= 15 is 0 Å². The Morgan fingerprint density at radius 1 is 0.357 bits per heavy atom. The third-order valence-electron chi connectivity index (χ3n) is 6.08. The Kier molecular flexibility index (Phi) is 22.2. The van der Waals surface area contributed by atoms with E-state index in [2.05, 4.69) is 62.3 Å². The van der Waals surface area contributed by atoms with Gasteiger partial charge in [0.2, 0.25) is 0 Å². The molecule has 0 aliphatic rings. The SMILES string of the molecule is C.C.CC(C)CCC(CCC(C)C)CC(C)CC(CCC(C)C)CCC(C)C. The fourth-order valence-electron chi connectivity index (χ4n) is 4.27. The molecule has 28 heavy (non-hydrogen) atoms. The lowest BCUT2D eigenvalue weighted by Crippen LogP contribution is -2.14. The van der Waals surface area contributed by atoms with Crippen LogP contribution in [0, 0.1) is 41.4 Å². The van der Waals surface area contributed by atoms with Crippen molar-refractivity contribution in [2.24, 2.45) is 41.4 Å². The first-order chi connectivity index (χ1) is 12.1. The van der Waals surface area contributed by atoms with Gasteiger partial charge in [-0.25, -0.2) is 0 Å². The van der Waals surface area contributed by atoms with Gasteiger partial charge in [0.15, 0.2) is 0 Å². The van der Waals surface area contributed by atoms with E-state index in [0.29, 0.717) is 0 Å². The highest BCUT2D eigenvalue weighted by atomic mass is 14.2. The van der Waals surface area contributed by atoms with Crippen molar-refractivity contribution in [3.05, 3.63) is 0 Å². The minimum atomic E-state index is 0. The molecular formula is C28H62. The van der Waals surface area contributed by atoms with Gasteiger partial charge < -0.3 is 0 Å². The zero-order valence-electron chi connectivity index (χ0n) is 20.1. The van der Waals surface area contributed by atoms with E-state index in [1.165, 1.54) is 64.2 Å². The summed E-state index contributed by atoms with van der Waals surface area (Å²) in [5.74, 6) is 6.27. The van der Waals surface area contributed by atoms with Crippen molar-refractivity contribution in [3.63, 3.8) is 0 Å². The van der Waals surface area contributed by atoms with Crippen molar-refractivity contribution in [1.82, 2.24) is 0 Å². The summed E-state index contributed by atoms with van der Waals surface area (Å²) in [6, 6.07) is 0. The van der Waals surface area contributed by atoms with Gasteiger partial charge in [-0.15, -0.1) is 0 Å². The molecule has 0 N–H and O–H groups in total. The standard InChI is InChI=1S/C26H54.2CH4/c1-20(2)10-14-25(15-11-21(3)4)18-24(9)19-26(16-12-22(5)6)17-13-23(7)8;;/h20-26H,10-19H2,1-9H3;2*1H4. The summed E-state index contributed by atoms with van der Waals surface area (Å²) in [6.07, 6.45) is 14.4. The molecule has 0 spiro atoms. The molecule has 0 aliphatic carbocycles. The summed E-state index contributed by atoms with van der Waals surface area (Å²) < 4.78 is 0. The molecule has 0 amide bonds. The van der Waals surface area contributed by atoms with Gasteiger partial charge in [-0.3, -0.25) is 0 Å². The molecule has 0 aromatic carbocycles. The smallest absolute Gasteiger partial charge is 0.0412 e. The topological polar surface area (TPSA) is 0 Å². The lowest BCUT2D eigenvalue weighted by atomic mass is 9.79. The minimum absolute atomic E-state index is 0. The summed E-state index contributed by atoms with van der Waals surface area (Å²) in [5.41, 5.74) is 0. The second kappa shape index (κ2) is 19.0. The van der Waals surface area contributed by atoms with Gasteiger partial charge >= 0.3 is 0 Å². The fourth-order valence-corrected chi connectivity index (χ4v) is 4.27. The molecule has 0 saturated heterocycles. The third kappa shape index (κ3) is 20.7. The summed E-state index contributed by atoms with van der Waals surface area (Å²) >= 11 is 0. The van der Waals surface area contributed by atoms with Gasteiger partial charge in [-0.05, 0) is 54.3 Å². The van der Waals surface area contributed by atoms with Crippen LogP contribution in [-0.4, -0.2) is 0 Å². The largest absolute Gasteiger partial charge is 0.0776 e. The molecule has 0 atom stereocenters. The molecule has 0 aromatic heterocycles. The highest BCUT2D eigenvalue weighted by Crippen LogP contribution is 2.32. The van der Waals surface area contributed by atoms with Crippen LogP contribution in [0.25, 0.3) is 0 Å². The van der Waals surface area contributed by atoms with Crippen LogP contribution >= 0.6 is 0 Å². The first-order valence-electron chi connectivity index (χ1n) is 12.1. The van der Waals surface area contributed by atoms with Gasteiger partial charge in [0.25, 0.3) is 0 Å². The average Bonchev–Trinajstić information content (AvgIpc) is 2.52. The van der Waals surface area contributed by atoms with Crippen LogP contribution in [0.3, 0.4) is 0 Å². The van der Waals surface area contributed by atoms with Crippen LogP contribution in [0.5, 0.6) is 0 Å². The minimum Gasteiger partial charge on any atom is -0.0776 e. The van der Waals surface area contributed by atoms with E-state index in [-0.39, 0.29) is 14.9 Å². The molecular weight excluding hydrogens is 336 g/mol. The van der Waals surface area contributed by atoms with Crippen LogP contribution < -0.4 is 0 Å². The first-order valence-corrected chi connectivity index (χ1v) is 12.1. The Morgan fingerprint density at radius 2 is 0.571 bits per heavy atom. The van der Waals surface area contributed by atoms with Crippen molar-refractivity contribution >= 4 is 0 Å². The van der Waals surface area contributed by atoms with Crippen molar-refractivity contribution in [2.75, 3.05) is 0 Å². The normalized spacial score (nSPS) is 12.0. The molecule has 0 nitrogen and oxygen atoms in total. The monoisotopic (exact) mass is 398 g/mol. The number of hydrogen-bond donors (Lipinski definition) is 0. The molecule has 0 aromatic rings. The Hall–Kier alpha value is 0. The highest BCUT2D eigenvalue weighted by molar-refractivity contribution is 4.71. The maximum Gasteiger partial charge on any atom is -0.0412 e. The summed E-state index contributed by atoms with van der Waals surface area (Å²) in [5, 5.41) is 0. The van der Waals surface area contributed by atoms with E-state index in [9.17, 15) is 0 Å². The van der Waals surface area contributed by atoms with Crippen LogP contribution in [0.15, 0.2) is 0 Å². The predicted molar refractivity (Wildman–Crippen MR) is 135 cm³/mol. The molecule has 0 rings (SSSR count). The van der Waals surface area contributed by atoms with Gasteiger partial charge in [0.1, 0.15) is 0 Å². The van der Waals surface area contributed by atoms with Gasteiger partial charge in [0.05, 0.1) is 0 Å². The van der Waals surface area contributed by atoms with Crippen LogP contribution in [0.1, 0.15) is 141 Å². The number of rotatable bonds is 16. The van der Waals surface area contributed by atoms with Gasteiger partial charge in [0, 0.05) is 0 Å². The Labute approximate surface area is 183 Å². The summed E-state index contributed by atoms with van der Waals surface area (Å²) in [6.45, 7) is 21.6. The van der Waals surface area contributed by atoms with E-state index in [1.807, 2.05) is 0 Å². The van der Waals surface area contributed by atoms with Crippen molar-refractivity contribution < 1.29 is 0 Å². The molecule has 0 fully saturated rings. The fraction of sp³-hybridized carbons (Fsp3) is 1.00. The Bertz CT molecular complexity index is 245. The average molecular weight is 399 g/mol. The zero-order valence-corrected chi connectivity index (χ0v) is 20.1. The second-order valence-corrected chi connectivity index (χ2v) is 11.2. The quantitative estimate of drug-likeness (QED) is 0.242. The van der Waals surface area contributed by atoms with Gasteiger partial charge in [-0.2, -0.15) is 0 Å². The molecule has 0 heterocycles. The second-order valence-electron chi connectivity index (χ2n) is 11.2. The maximum absolute atomic E-state index is 2.55. The van der Waals surface area contributed by atoms with E-state index < -0.39 is 0 Å². The lowest BCUT2D eigenvalue weighted by Gasteiger charge is -2.27. The third-order valence-corrected chi connectivity index (χ3v) is 6.08.